The van der Waals surface area contributed by atoms with E-state index in [0.29, 0.717) is 0 Å². The van der Waals surface area contributed by atoms with E-state index in [1.807, 2.05) is 6.20 Å². The molecular weight excluding hydrogens is 290 g/mol. The Bertz CT molecular complexity index is 331. The molecule has 0 saturated carbocycles. The highest BCUT2D eigenvalue weighted by molar-refractivity contribution is 9.10. The Morgan fingerprint density at radius 3 is 2.61 bits per heavy atom. The Morgan fingerprint density at radius 2 is 1.94 bits per heavy atom. The van der Waals surface area contributed by atoms with E-state index in [9.17, 15) is 0 Å². The molecule has 0 aromatic carbocycles. The lowest BCUT2D eigenvalue weighted by atomic mass is 10.0. The second-order valence-electron chi connectivity index (χ2n) is 4.71. The van der Waals surface area contributed by atoms with Gasteiger partial charge in [0.1, 0.15) is 0 Å². The Balaban J connectivity index is 2.29. The summed E-state index contributed by atoms with van der Waals surface area (Å²) in [7, 11) is 0. The van der Waals surface area contributed by atoms with Gasteiger partial charge in [-0.05, 0) is 34.0 Å². The van der Waals surface area contributed by atoms with Crippen molar-refractivity contribution < 1.29 is 0 Å². The minimum atomic E-state index is 0.209. The van der Waals surface area contributed by atoms with Gasteiger partial charge in [0, 0.05) is 22.9 Å². The quantitative estimate of drug-likeness (QED) is 0.410. The number of hydrogen-bond acceptors (Lipinski definition) is 3. The third kappa shape index (κ3) is 5.94. The topological polar surface area (TPSA) is 50.9 Å². The summed E-state index contributed by atoms with van der Waals surface area (Å²) in [4.78, 5) is 4.18. The molecule has 18 heavy (non-hydrogen) atoms. The van der Waals surface area contributed by atoms with Crippen molar-refractivity contribution in [2.75, 3.05) is 0 Å². The second-order valence-corrected chi connectivity index (χ2v) is 5.63. The van der Waals surface area contributed by atoms with Crippen molar-refractivity contribution in [2.24, 2.45) is 5.84 Å². The van der Waals surface area contributed by atoms with Gasteiger partial charge in [-0.25, -0.2) is 0 Å². The molecule has 0 saturated heterocycles. The molecule has 0 aliphatic carbocycles. The third-order valence-corrected chi connectivity index (χ3v) is 3.61. The van der Waals surface area contributed by atoms with Gasteiger partial charge in [0.15, 0.2) is 0 Å². The van der Waals surface area contributed by atoms with Gasteiger partial charge in [-0.3, -0.25) is 16.3 Å². The summed E-state index contributed by atoms with van der Waals surface area (Å²) in [6.45, 7) is 2.24. The predicted octanol–water partition coefficient (Wildman–Crippen LogP) is 4.10. The van der Waals surface area contributed by atoms with Crippen LogP contribution >= 0.6 is 15.9 Å². The molecule has 4 heteroatoms. The molecule has 0 aliphatic rings. The number of unbranched alkanes of at least 4 members (excludes halogenated alkanes) is 5. The van der Waals surface area contributed by atoms with Gasteiger partial charge in [0.05, 0.1) is 0 Å². The summed E-state index contributed by atoms with van der Waals surface area (Å²) < 4.78 is 1.00. The fourth-order valence-electron chi connectivity index (χ4n) is 2.09. The summed E-state index contributed by atoms with van der Waals surface area (Å²) in [5.74, 6) is 5.62. The average molecular weight is 314 g/mol. The number of aromatic nitrogens is 1. The normalized spacial score (nSPS) is 12.6. The van der Waals surface area contributed by atoms with Crippen molar-refractivity contribution in [1.82, 2.24) is 10.4 Å². The van der Waals surface area contributed by atoms with Gasteiger partial charge in [0.25, 0.3) is 0 Å². The van der Waals surface area contributed by atoms with E-state index in [1.54, 1.807) is 6.20 Å². The van der Waals surface area contributed by atoms with Crippen LogP contribution in [0.2, 0.25) is 0 Å². The highest BCUT2D eigenvalue weighted by Crippen LogP contribution is 2.21. The molecule has 0 bridgehead atoms. The zero-order chi connectivity index (χ0) is 13.2. The van der Waals surface area contributed by atoms with Crippen molar-refractivity contribution in [2.45, 2.75) is 57.9 Å². The lowest BCUT2D eigenvalue weighted by molar-refractivity contribution is 0.476. The lowest BCUT2D eigenvalue weighted by Crippen LogP contribution is -2.28. The number of nitrogens with two attached hydrogens (primary N) is 1. The van der Waals surface area contributed by atoms with E-state index in [4.69, 9.17) is 5.84 Å². The Labute approximate surface area is 119 Å². The zero-order valence-corrected chi connectivity index (χ0v) is 12.7. The third-order valence-electron chi connectivity index (χ3n) is 3.18. The summed E-state index contributed by atoms with van der Waals surface area (Å²) in [6.07, 6.45) is 12.6. The Hall–Kier alpha value is -0.450. The van der Waals surface area contributed by atoms with Gasteiger partial charge >= 0.3 is 0 Å². The molecule has 1 aromatic rings. The summed E-state index contributed by atoms with van der Waals surface area (Å²) in [5.41, 5.74) is 4.04. The van der Waals surface area contributed by atoms with Gasteiger partial charge in [0.2, 0.25) is 0 Å². The van der Waals surface area contributed by atoms with E-state index in [2.05, 4.69) is 39.3 Å². The maximum absolute atomic E-state index is 5.62. The molecule has 0 aliphatic heterocycles. The van der Waals surface area contributed by atoms with Crippen LogP contribution in [0.25, 0.3) is 0 Å². The molecule has 3 N–H and O–H groups in total. The van der Waals surface area contributed by atoms with Crippen molar-refractivity contribution in [3.63, 3.8) is 0 Å². The van der Waals surface area contributed by atoms with E-state index >= 15 is 0 Å². The molecule has 3 nitrogen and oxygen atoms in total. The molecule has 102 valence electrons. The fraction of sp³-hybridized carbons (Fsp3) is 0.643. The summed E-state index contributed by atoms with van der Waals surface area (Å²) in [5, 5.41) is 0. The maximum atomic E-state index is 5.62. The largest absolute Gasteiger partial charge is 0.271 e. The maximum Gasteiger partial charge on any atom is 0.0475 e. The number of halogens is 1. The van der Waals surface area contributed by atoms with Crippen molar-refractivity contribution >= 4 is 15.9 Å². The zero-order valence-electron chi connectivity index (χ0n) is 11.2. The number of hydrogen-bond donors (Lipinski definition) is 2. The molecule has 0 radical (unpaired) electrons. The van der Waals surface area contributed by atoms with Gasteiger partial charge in [-0.2, -0.15) is 0 Å². The highest BCUT2D eigenvalue weighted by atomic mass is 79.9. The fourth-order valence-corrected chi connectivity index (χ4v) is 2.48. The standard InChI is InChI=1S/C14H24BrN3/c1-2-3-4-5-6-7-8-14(18-16)12-9-13(15)11-17-10-12/h9-11,14,18H,2-8,16H2,1H3. The molecular formula is C14H24BrN3. The van der Waals surface area contributed by atoms with Crippen molar-refractivity contribution in [1.29, 1.82) is 0 Å². The molecule has 1 heterocycles. The molecule has 1 unspecified atom stereocenters. The molecule has 0 spiro atoms. The van der Waals surface area contributed by atoms with Crippen LogP contribution in [0.1, 0.15) is 63.5 Å². The lowest BCUT2D eigenvalue weighted by Gasteiger charge is -2.16. The number of nitrogens with zero attached hydrogens (tertiary/aromatic N) is 1. The van der Waals surface area contributed by atoms with Crippen molar-refractivity contribution in [3.8, 4) is 0 Å². The van der Waals surface area contributed by atoms with Crippen LogP contribution < -0.4 is 11.3 Å². The number of nitrogens with one attached hydrogen (secondary N) is 1. The second kappa shape index (κ2) is 9.48. The van der Waals surface area contributed by atoms with Gasteiger partial charge in [-0.1, -0.05) is 45.4 Å². The Morgan fingerprint density at radius 1 is 1.22 bits per heavy atom. The summed E-state index contributed by atoms with van der Waals surface area (Å²) >= 11 is 3.44. The van der Waals surface area contributed by atoms with Crippen LogP contribution in [0.5, 0.6) is 0 Å². The van der Waals surface area contributed by atoms with Crippen molar-refractivity contribution in [3.05, 3.63) is 28.5 Å². The van der Waals surface area contributed by atoms with Crippen LogP contribution in [-0.2, 0) is 0 Å². The average Bonchev–Trinajstić information content (AvgIpc) is 2.38. The van der Waals surface area contributed by atoms with Gasteiger partial charge < -0.3 is 0 Å². The Kier molecular flexibility index (Phi) is 8.22. The molecule has 1 aromatic heterocycles. The smallest absolute Gasteiger partial charge is 0.0475 e. The van der Waals surface area contributed by atoms with Crippen LogP contribution in [0, 0.1) is 0 Å². The van der Waals surface area contributed by atoms with Crippen LogP contribution in [0.3, 0.4) is 0 Å². The van der Waals surface area contributed by atoms with Crippen LogP contribution in [-0.4, -0.2) is 4.98 Å². The van der Waals surface area contributed by atoms with E-state index in [1.165, 1.54) is 38.5 Å². The molecule has 0 fully saturated rings. The van der Waals surface area contributed by atoms with Gasteiger partial charge in [-0.15, -0.1) is 0 Å². The minimum absolute atomic E-state index is 0.209. The first-order chi connectivity index (χ1) is 8.77. The highest BCUT2D eigenvalue weighted by Gasteiger charge is 2.09. The van der Waals surface area contributed by atoms with E-state index in [-0.39, 0.29) is 6.04 Å². The summed E-state index contributed by atoms with van der Waals surface area (Å²) in [6, 6.07) is 2.29. The molecule has 1 rings (SSSR count). The monoisotopic (exact) mass is 313 g/mol. The van der Waals surface area contributed by atoms with E-state index in [0.717, 1.165) is 16.5 Å². The first-order valence-corrected chi connectivity index (χ1v) is 7.63. The van der Waals surface area contributed by atoms with E-state index < -0.39 is 0 Å². The minimum Gasteiger partial charge on any atom is -0.271 e. The number of rotatable bonds is 9. The molecule has 0 amide bonds. The SMILES string of the molecule is CCCCCCCCC(NN)c1cncc(Br)c1. The van der Waals surface area contributed by atoms with Crippen LogP contribution in [0.4, 0.5) is 0 Å². The predicted molar refractivity (Wildman–Crippen MR) is 80.0 cm³/mol. The number of pyridine rings is 1. The molecule has 1 atom stereocenters. The van der Waals surface area contributed by atoms with Crippen LogP contribution in [0.15, 0.2) is 22.9 Å². The first kappa shape index (κ1) is 15.6. The number of hydrazine groups is 1. The first-order valence-electron chi connectivity index (χ1n) is 6.84.